The first kappa shape index (κ1) is 17.0. The number of aromatic nitrogens is 2. The van der Waals surface area contributed by atoms with E-state index in [0.717, 1.165) is 17.8 Å². The molecule has 21 heavy (non-hydrogen) atoms. The van der Waals surface area contributed by atoms with Crippen LogP contribution >= 0.6 is 0 Å². The Morgan fingerprint density at radius 3 is 2.52 bits per heavy atom. The van der Waals surface area contributed by atoms with E-state index in [1.165, 1.54) is 0 Å². The molecule has 7 heteroatoms. The lowest BCUT2D eigenvalue weighted by molar-refractivity contribution is -0.140. The van der Waals surface area contributed by atoms with Crippen LogP contribution in [0.15, 0.2) is 6.07 Å². The molecule has 1 heterocycles. The second-order valence-corrected chi connectivity index (χ2v) is 5.46. The molecule has 1 rings (SSSR count). The summed E-state index contributed by atoms with van der Waals surface area (Å²) in [5.74, 6) is -1.19. The van der Waals surface area contributed by atoms with Crippen molar-refractivity contribution in [2.45, 2.75) is 46.7 Å². The highest BCUT2D eigenvalue weighted by molar-refractivity contribution is 5.82. The maximum absolute atomic E-state index is 11.6. The number of aryl methyl sites for hydroxylation is 3. The summed E-state index contributed by atoms with van der Waals surface area (Å²) in [5.41, 5.74) is 2.06. The van der Waals surface area contributed by atoms with E-state index in [-0.39, 0.29) is 5.92 Å². The number of hydrogen-bond donors (Lipinski definition) is 3. The van der Waals surface area contributed by atoms with Crippen molar-refractivity contribution in [2.75, 3.05) is 6.54 Å². The highest BCUT2D eigenvalue weighted by Crippen LogP contribution is 2.03. The quantitative estimate of drug-likeness (QED) is 0.661. The van der Waals surface area contributed by atoms with Gasteiger partial charge in [0.15, 0.2) is 0 Å². The molecule has 1 unspecified atom stereocenters. The minimum atomic E-state index is -1.03. The van der Waals surface area contributed by atoms with E-state index in [4.69, 9.17) is 5.11 Å². The fraction of sp³-hybridized carbons (Fsp3) is 0.643. The molecule has 0 aliphatic heterocycles. The van der Waals surface area contributed by atoms with Crippen molar-refractivity contribution < 1.29 is 14.7 Å². The Bertz CT molecular complexity index is 496. The van der Waals surface area contributed by atoms with Crippen molar-refractivity contribution in [2.24, 2.45) is 5.92 Å². The summed E-state index contributed by atoms with van der Waals surface area (Å²) in [6.45, 7) is 8.61. The molecule has 3 N–H and O–H groups in total. The van der Waals surface area contributed by atoms with Gasteiger partial charge in [0, 0.05) is 18.8 Å². The fourth-order valence-electron chi connectivity index (χ4n) is 2.04. The van der Waals surface area contributed by atoms with E-state index in [2.05, 4.69) is 15.7 Å². The Labute approximate surface area is 124 Å². The van der Waals surface area contributed by atoms with Gasteiger partial charge in [-0.1, -0.05) is 13.8 Å². The predicted octanol–water partition coefficient (Wildman–Crippen LogP) is 1.30. The third kappa shape index (κ3) is 5.45. The van der Waals surface area contributed by atoms with Gasteiger partial charge in [-0.2, -0.15) is 5.10 Å². The van der Waals surface area contributed by atoms with Crippen LogP contribution in [0.5, 0.6) is 0 Å². The lowest BCUT2D eigenvalue weighted by Crippen LogP contribution is -2.48. The number of carboxylic acids is 1. The van der Waals surface area contributed by atoms with Crippen LogP contribution in [0.4, 0.5) is 4.79 Å². The Kier molecular flexibility index (Phi) is 6.20. The number of carbonyl (C=O) groups excluding carboxylic acids is 1. The standard InChI is InChI=1S/C14H24N4O3/c1-9(2)12(13(19)20)16-14(21)15-6-5-7-18-11(4)8-10(3)17-18/h8-9,12H,5-7H2,1-4H3,(H,19,20)(H2,15,16,21). The van der Waals surface area contributed by atoms with E-state index in [1.54, 1.807) is 13.8 Å². The summed E-state index contributed by atoms with van der Waals surface area (Å²) in [5, 5.41) is 18.4. The molecule has 7 nitrogen and oxygen atoms in total. The summed E-state index contributed by atoms with van der Waals surface area (Å²) in [6, 6.07) is 0.672. The number of aliphatic carboxylic acids is 1. The van der Waals surface area contributed by atoms with Crippen molar-refractivity contribution >= 4 is 12.0 Å². The van der Waals surface area contributed by atoms with Crippen molar-refractivity contribution in [3.8, 4) is 0 Å². The Morgan fingerprint density at radius 2 is 2.05 bits per heavy atom. The molecule has 118 valence electrons. The van der Waals surface area contributed by atoms with Gasteiger partial charge in [-0.3, -0.25) is 4.68 Å². The molecule has 1 aromatic rings. The SMILES string of the molecule is Cc1cc(C)n(CCCNC(=O)NC(C(=O)O)C(C)C)n1. The van der Waals surface area contributed by atoms with Gasteiger partial charge in [0.2, 0.25) is 0 Å². The average molecular weight is 296 g/mol. The van der Waals surface area contributed by atoms with E-state index in [1.807, 2.05) is 24.6 Å². The zero-order chi connectivity index (χ0) is 16.0. The first-order valence-electron chi connectivity index (χ1n) is 7.09. The van der Waals surface area contributed by atoms with Gasteiger partial charge in [-0.15, -0.1) is 0 Å². The van der Waals surface area contributed by atoms with Crippen LogP contribution in [0.2, 0.25) is 0 Å². The minimum absolute atomic E-state index is 0.164. The lowest BCUT2D eigenvalue weighted by atomic mass is 10.1. The fourth-order valence-corrected chi connectivity index (χ4v) is 2.04. The zero-order valence-electron chi connectivity index (χ0n) is 13.0. The van der Waals surface area contributed by atoms with Crippen LogP contribution in [0, 0.1) is 19.8 Å². The molecule has 0 aliphatic carbocycles. The zero-order valence-corrected chi connectivity index (χ0v) is 13.0. The van der Waals surface area contributed by atoms with Crippen LogP contribution in [0.3, 0.4) is 0 Å². The monoisotopic (exact) mass is 296 g/mol. The summed E-state index contributed by atoms with van der Waals surface area (Å²) in [7, 11) is 0. The number of rotatable bonds is 7. The van der Waals surface area contributed by atoms with E-state index in [0.29, 0.717) is 13.1 Å². The average Bonchev–Trinajstić information content (AvgIpc) is 2.69. The normalized spacial score (nSPS) is 12.2. The molecule has 0 saturated carbocycles. The van der Waals surface area contributed by atoms with Crippen LogP contribution in [-0.2, 0) is 11.3 Å². The van der Waals surface area contributed by atoms with Crippen LogP contribution in [0.1, 0.15) is 31.7 Å². The number of amides is 2. The topological polar surface area (TPSA) is 96.2 Å². The van der Waals surface area contributed by atoms with Gasteiger partial charge in [0.25, 0.3) is 0 Å². The van der Waals surface area contributed by atoms with Gasteiger partial charge >= 0.3 is 12.0 Å². The Morgan fingerprint density at radius 1 is 1.38 bits per heavy atom. The molecule has 0 spiro atoms. The molecule has 0 saturated heterocycles. The van der Waals surface area contributed by atoms with Gasteiger partial charge in [-0.05, 0) is 32.3 Å². The summed E-state index contributed by atoms with van der Waals surface area (Å²) < 4.78 is 1.89. The number of carboxylic acid groups (broad SMARTS) is 1. The molecule has 1 atom stereocenters. The highest BCUT2D eigenvalue weighted by atomic mass is 16.4. The lowest BCUT2D eigenvalue weighted by Gasteiger charge is -2.18. The van der Waals surface area contributed by atoms with Crippen molar-refractivity contribution in [3.05, 3.63) is 17.5 Å². The summed E-state index contributed by atoms with van der Waals surface area (Å²) >= 11 is 0. The van der Waals surface area contributed by atoms with Crippen molar-refractivity contribution in [1.29, 1.82) is 0 Å². The molecule has 0 radical (unpaired) electrons. The molecule has 1 aromatic heterocycles. The smallest absolute Gasteiger partial charge is 0.326 e. The van der Waals surface area contributed by atoms with Gasteiger partial charge in [0.1, 0.15) is 6.04 Å². The van der Waals surface area contributed by atoms with Gasteiger partial charge in [-0.25, -0.2) is 9.59 Å². The molecular formula is C14H24N4O3. The molecular weight excluding hydrogens is 272 g/mol. The minimum Gasteiger partial charge on any atom is -0.480 e. The van der Waals surface area contributed by atoms with Crippen LogP contribution in [-0.4, -0.2) is 39.5 Å². The maximum Gasteiger partial charge on any atom is 0.326 e. The molecule has 0 aliphatic rings. The molecule has 0 aromatic carbocycles. The second kappa shape index (κ2) is 7.66. The highest BCUT2D eigenvalue weighted by Gasteiger charge is 2.22. The molecule has 0 bridgehead atoms. The predicted molar refractivity (Wildman–Crippen MR) is 79.1 cm³/mol. The molecule has 0 fully saturated rings. The maximum atomic E-state index is 11.6. The third-order valence-corrected chi connectivity index (χ3v) is 3.15. The van der Waals surface area contributed by atoms with Crippen molar-refractivity contribution in [1.82, 2.24) is 20.4 Å². The second-order valence-electron chi connectivity index (χ2n) is 5.46. The van der Waals surface area contributed by atoms with E-state index < -0.39 is 18.0 Å². The van der Waals surface area contributed by atoms with Gasteiger partial charge in [0.05, 0.1) is 5.69 Å². The Balaban J connectivity index is 2.30. The number of nitrogens with one attached hydrogen (secondary N) is 2. The van der Waals surface area contributed by atoms with E-state index >= 15 is 0 Å². The number of hydrogen-bond acceptors (Lipinski definition) is 3. The van der Waals surface area contributed by atoms with E-state index in [9.17, 15) is 9.59 Å². The largest absolute Gasteiger partial charge is 0.480 e. The Hall–Kier alpha value is -2.05. The van der Waals surface area contributed by atoms with Crippen LogP contribution in [0.25, 0.3) is 0 Å². The number of urea groups is 1. The third-order valence-electron chi connectivity index (χ3n) is 3.15. The van der Waals surface area contributed by atoms with Gasteiger partial charge < -0.3 is 15.7 Å². The summed E-state index contributed by atoms with van der Waals surface area (Å²) in [6.07, 6.45) is 0.731. The van der Waals surface area contributed by atoms with Crippen LogP contribution < -0.4 is 10.6 Å². The molecule has 2 amide bonds. The number of carbonyl (C=O) groups is 2. The van der Waals surface area contributed by atoms with Crippen molar-refractivity contribution in [3.63, 3.8) is 0 Å². The summed E-state index contributed by atoms with van der Waals surface area (Å²) in [4.78, 5) is 22.6. The number of nitrogens with zero attached hydrogens (tertiary/aromatic N) is 2. The first-order chi connectivity index (χ1) is 9.81. The first-order valence-corrected chi connectivity index (χ1v) is 7.09.